The van der Waals surface area contributed by atoms with Gasteiger partial charge in [0, 0.05) is 18.8 Å². The third kappa shape index (κ3) is 3.10. The minimum atomic E-state index is -0.244. The van der Waals surface area contributed by atoms with Gasteiger partial charge in [-0.3, -0.25) is 10.2 Å². The summed E-state index contributed by atoms with van der Waals surface area (Å²) in [7, 11) is 0. The molecule has 1 amide bonds. The average Bonchev–Trinajstić information content (AvgIpc) is 2.49. The molecule has 0 spiro atoms. The number of hydrazone groups is 1. The summed E-state index contributed by atoms with van der Waals surface area (Å²) in [5.74, 6) is 0.0335. The Morgan fingerprint density at radius 1 is 1.30 bits per heavy atom. The number of nitriles is 2. The van der Waals surface area contributed by atoms with Crippen LogP contribution < -0.4 is 15.6 Å². The van der Waals surface area contributed by atoms with Crippen LogP contribution in [0, 0.1) is 22.7 Å². The number of nitrogens with one attached hydrogen (secondary N) is 2. The fourth-order valence-corrected chi connectivity index (χ4v) is 1.79. The molecule has 7 nitrogen and oxygen atoms in total. The fourth-order valence-electron chi connectivity index (χ4n) is 1.79. The van der Waals surface area contributed by atoms with Crippen molar-refractivity contribution in [1.29, 1.82) is 10.5 Å². The maximum atomic E-state index is 11.7. The molecule has 0 bridgehead atoms. The highest BCUT2D eigenvalue weighted by Crippen LogP contribution is 2.18. The van der Waals surface area contributed by atoms with Crippen molar-refractivity contribution in [2.75, 3.05) is 30.0 Å². The first-order valence-electron chi connectivity index (χ1n) is 5.99. The lowest BCUT2D eigenvalue weighted by atomic mass is 10.2. The van der Waals surface area contributed by atoms with E-state index in [-0.39, 0.29) is 11.6 Å². The Bertz CT molecular complexity index is 591. The first kappa shape index (κ1) is 13.5. The number of amides is 1. The summed E-state index contributed by atoms with van der Waals surface area (Å²) in [5.41, 5.74) is 3.82. The molecule has 1 heterocycles. The molecule has 1 aliphatic heterocycles. The number of benzene rings is 1. The maximum absolute atomic E-state index is 11.7. The average molecular weight is 268 g/mol. The van der Waals surface area contributed by atoms with Gasteiger partial charge in [-0.05, 0) is 24.3 Å². The third-order valence-electron chi connectivity index (χ3n) is 2.78. The monoisotopic (exact) mass is 268 g/mol. The zero-order valence-electron chi connectivity index (χ0n) is 10.6. The van der Waals surface area contributed by atoms with E-state index in [1.165, 1.54) is 0 Å². The van der Waals surface area contributed by atoms with Crippen molar-refractivity contribution in [2.24, 2.45) is 5.10 Å². The molecule has 1 fully saturated rings. The standard InChI is InChI=1S/C13H12N6O/c14-7-11(8-15)18-17-10-1-3-12(4-2-10)19-6-5-16-9-13(19)20/h1-4,16-17H,5-6,9H2. The van der Waals surface area contributed by atoms with Gasteiger partial charge in [0.2, 0.25) is 11.6 Å². The summed E-state index contributed by atoms with van der Waals surface area (Å²) < 4.78 is 0. The van der Waals surface area contributed by atoms with Crippen LogP contribution in [-0.2, 0) is 4.79 Å². The van der Waals surface area contributed by atoms with Gasteiger partial charge in [-0.25, -0.2) is 0 Å². The van der Waals surface area contributed by atoms with Crippen LogP contribution in [0.2, 0.25) is 0 Å². The zero-order chi connectivity index (χ0) is 14.4. The largest absolute Gasteiger partial charge is 0.310 e. The van der Waals surface area contributed by atoms with Gasteiger partial charge in [-0.1, -0.05) is 0 Å². The summed E-state index contributed by atoms with van der Waals surface area (Å²) in [6, 6.07) is 10.4. The van der Waals surface area contributed by atoms with Crippen molar-refractivity contribution < 1.29 is 4.79 Å². The van der Waals surface area contributed by atoms with Crippen LogP contribution in [0.25, 0.3) is 0 Å². The topological polar surface area (TPSA) is 104 Å². The zero-order valence-corrected chi connectivity index (χ0v) is 10.6. The number of nitrogens with zero attached hydrogens (tertiary/aromatic N) is 4. The van der Waals surface area contributed by atoms with Crippen molar-refractivity contribution in [2.45, 2.75) is 0 Å². The van der Waals surface area contributed by atoms with Crippen LogP contribution in [0.5, 0.6) is 0 Å². The highest BCUT2D eigenvalue weighted by molar-refractivity contribution is 6.10. The molecular weight excluding hydrogens is 256 g/mol. The van der Waals surface area contributed by atoms with E-state index >= 15 is 0 Å². The molecule has 0 aliphatic carbocycles. The molecule has 2 rings (SSSR count). The van der Waals surface area contributed by atoms with Gasteiger partial charge in [0.25, 0.3) is 0 Å². The first-order valence-corrected chi connectivity index (χ1v) is 5.99. The summed E-state index contributed by atoms with van der Waals surface area (Å²) in [6.07, 6.45) is 0. The van der Waals surface area contributed by atoms with Crippen LogP contribution in [0.1, 0.15) is 0 Å². The SMILES string of the molecule is N#CC(C#N)=NNc1ccc(N2CCNCC2=O)cc1. The highest BCUT2D eigenvalue weighted by atomic mass is 16.2. The van der Waals surface area contributed by atoms with Crippen molar-refractivity contribution in [3.8, 4) is 12.1 Å². The Labute approximate surface area is 116 Å². The van der Waals surface area contributed by atoms with Crippen molar-refractivity contribution >= 4 is 23.0 Å². The van der Waals surface area contributed by atoms with Crippen molar-refractivity contribution in [3.63, 3.8) is 0 Å². The number of carbonyl (C=O) groups is 1. The Hall–Kier alpha value is -2.90. The Morgan fingerprint density at radius 2 is 2.00 bits per heavy atom. The number of rotatable bonds is 3. The van der Waals surface area contributed by atoms with E-state index in [1.807, 2.05) is 0 Å². The van der Waals surface area contributed by atoms with Gasteiger partial charge in [-0.2, -0.15) is 15.6 Å². The van der Waals surface area contributed by atoms with Crippen molar-refractivity contribution in [3.05, 3.63) is 24.3 Å². The number of carbonyl (C=O) groups excluding carboxylic acids is 1. The van der Waals surface area contributed by atoms with Gasteiger partial charge in [0.15, 0.2) is 0 Å². The normalized spacial score (nSPS) is 14.1. The number of anilines is 2. The van der Waals surface area contributed by atoms with Crippen LogP contribution in [0.3, 0.4) is 0 Å². The second-order valence-electron chi connectivity index (χ2n) is 4.06. The van der Waals surface area contributed by atoms with Crippen LogP contribution in [0.4, 0.5) is 11.4 Å². The van der Waals surface area contributed by atoms with E-state index in [9.17, 15) is 4.79 Å². The van der Waals surface area contributed by atoms with Gasteiger partial charge in [0.05, 0.1) is 12.2 Å². The van der Waals surface area contributed by atoms with Gasteiger partial charge in [0.1, 0.15) is 12.1 Å². The second kappa shape index (κ2) is 6.32. The number of hydrogen-bond acceptors (Lipinski definition) is 6. The highest BCUT2D eigenvalue weighted by Gasteiger charge is 2.18. The molecule has 0 atom stereocenters. The summed E-state index contributed by atoms with van der Waals surface area (Å²) in [5, 5.41) is 23.8. The Kier molecular flexibility index (Phi) is 4.28. The molecule has 0 unspecified atom stereocenters. The summed E-state index contributed by atoms with van der Waals surface area (Å²) >= 11 is 0. The summed E-state index contributed by atoms with van der Waals surface area (Å²) in [4.78, 5) is 13.4. The summed E-state index contributed by atoms with van der Waals surface area (Å²) in [6.45, 7) is 1.75. The maximum Gasteiger partial charge on any atom is 0.240 e. The molecule has 2 N–H and O–H groups in total. The van der Waals surface area contributed by atoms with Crippen molar-refractivity contribution in [1.82, 2.24) is 5.32 Å². The predicted molar refractivity (Wildman–Crippen MR) is 73.9 cm³/mol. The van der Waals surface area contributed by atoms with E-state index in [1.54, 1.807) is 41.3 Å². The van der Waals surface area contributed by atoms with E-state index < -0.39 is 0 Å². The Balaban J connectivity index is 2.07. The lowest BCUT2D eigenvalue weighted by Crippen LogP contribution is -2.48. The molecule has 20 heavy (non-hydrogen) atoms. The van der Waals surface area contributed by atoms with Crippen LogP contribution >= 0.6 is 0 Å². The third-order valence-corrected chi connectivity index (χ3v) is 2.78. The molecule has 1 aromatic rings. The lowest BCUT2D eigenvalue weighted by Gasteiger charge is -2.27. The van der Waals surface area contributed by atoms with Gasteiger partial charge < -0.3 is 10.2 Å². The molecular formula is C13H12N6O. The smallest absolute Gasteiger partial charge is 0.240 e. The predicted octanol–water partition coefficient (Wildman–Crippen LogP) is 0.438. The molecule has 1 saturated heterocycles. The minimum absolute atomic E-state index is 0.0335. The number of piperazine rings is 1. The Morgan fingerprint density at radius 3 is 2.60 bits per heavy atom. The van der Waals surface area contributed by atoms with Crippen LogP contribution in [-0.4, -0.2) is 31.3 Å². The minimum Gasteiger partial charge on any atom is -0.310 e. The van der Waals surface area contributed by atoms with Crippen LogP contribution in [0.15, 0.2) is 29.4 Å². The molecule has 100 valence electrons. The van der Waals surface area contributed by atoms with E-state index in [4.69, 9.17) is 10.5 Å². The van der Waals surface area contributed by atoms with E-state index in [0.29, 0.717) is 18.8 Å². The van der Waals surface area contributed by atoms with E-state index in [2.05, 4.69) is 15.8 Å². The lowest BCUT2D eigenvalue weighted by molar-refractivity contribution is -0.118. The number of hydrogen-bond donors (Lipinski definition) is 2. The van der Waals surface area contributed by atoms with Gasteiger partial charge >= 0.3 is 0 Å². The second-order valence-corrected chi connectivity index (χ2v) is 4.06. The first-order chi connectivity index (χ1) is 9.74. The quantitative estimate of drug-likeness (QED) is 0.611. The van der Waals surface area contributed by atoms with E-state index in [0.717, 1.165) is 12.2 Å². The molecule has 1 aromatic carbocycles. The molecule has 7 heteroatoms. The fraction of sp³-hybridized carbons (Fsp3) is 0.231. The van der Waals surface area contributed by atoms with Gasteiger partial charge in [-0.15, -0.1) is 0 Å². The molecule has 0 saturated carbocycles. The molecule has 1 aliphatic rings. The molecule has 0 aromatic heterocycles. The molecule has 0 radical (unpaired) electrons.